The zero-order chi connectivity index (χ0) is 9.31. The molecule has 0 spiro atoms. The molecule has 2 fully saturated rings. The highest BCUT2D eigenvalue weighted by Gasteiger charge is 2.54. The largest absolute Gasteiger partial charge is 0.381 e. The van der Waals surface area contributed by atoms with Gasteiger partial charge in [0, 0.05) is 18.8 Å². The normalized spacial score (nSPS) is 40.6. The standard InChI is InChI=1S/C11H21NO/c1-2-3-10-8-11(10,12)9-4-6-13-7-5-9/h9-10H,2-8,12H2,1H3. The fourth-order valence-corrected chi connectivity index (χ4v) is 2.82. The second-order valence-corrected chi connectivity index (χ2v) is 4.69. The van der Waals surface area contributed by atoms with Gasteiger partial charge in [-0.25, -0.2) is 0 Å². The van der Waals surface area contributed by atoms with Crippen molar-refractivity contribution in [1.82, 2.24) is 0 Å². The van der Waals surface area contributed by atoms with E-state index in [1.165, 1.54) is 32.1 Å². The number of hydrogen-bond acceptors (Lipinski definition) is 2. The van der Waals surface area contributed by atoms with Crippen LogP contribution in [0.15, 0.2) is 0 Å². The van der Waals surface area contributed by atoms with Gasteiger partial charge in [-0.2, -0.15) is 0 Å². The first kappa shape index (κ1) is 9.47. The van der Waals surface area contributed by atoms with E-state index in [2.05, 4.69) is 6.92 Å². The second-order valence-electron chi connectivity index (χ2n) is 4.69. The molecular formula is C11H21NO. The minimum Gasteiger partial charge on any atom is -0.381 e. The maximum atomic E-state index is 6.40. The van der Waals surface area contributed by atoms with Crippen molar-refractivity contribution in [1.29, 1.82) is 0 Å². The van der Waals surface area contributed by atoms with Crippen LogP contribution in [0.2, 0.25) is 0 Å². The van der Waals surface area contributed by atoms with Crippen LogP contribution in [-0.2, 0) is 4.74 Å². The van der Waals surface area contributed by atoms with E-state index in [4.69, 9.17) is 10.5 Å². The first-order valence-corrected chi connectivity index (χ1v) is 5.64. The molecule has 1 saturated heterocycles. The van der Waals surface area contributed by atoms with Crippen LogP contribution in [0, 0.1) is 11.8 Å². The van der Waals surface area contributed by atoms with E-state index in [0.717, 1.165) is 25.0 Å². The fourth-order valence-electron chi connectivity index (χ4n) is 2.82. The first-order valence-electron chi connectivity index (χ1n) is 5.64. The molecule has 0 bridgehead atoms. The Bertz CT molecular complexity index is 177. The summed E-state index contributed by atoms with van der Waals surface area (Å²) < 4.78 is 5.36. The van der Waals surface area contributed by atoms with Crippen molar-refractivity contribution in [2.45, 2.75) is 44.6 Å². The fraction of sp³-hybridized carbons (Fsp3) is 1.00. The molecule has 76 valence electrons. The van der Waals surface area contributed by atoms with E-state index in [1.807, 2.05) is 0 Å². The molecule has 2 unspecified atom stereocenters. The van der Waals surface area contributed by atoms with Crippen molar-refractivity contribution in [3.05, 3.63) is 0 Å². The van der Waals surface area contributed by atoms with Crippen molar-refractivity contribution < 1.29 is 4.74 Å². The zero-order valence-electron chi connectivity index (χ0n) is 8.59. The molecule has 2 nitrogen and oxygen atoms in total. The lowest BCUT2D eigenvalue weighted by Crippen LogP contribution is -2.38. The van der Waals surface area contributed by atoms with E-state index in [-0.39, 0.29) is 5.54 Å². The molecule has 0 aromatic rings. The van der Waals surface area contributed by atoms with Crippen molar-refractivity contribution in [3.63, 3.8) is 0 Å². The molecule has 2 N–H and O–H groups in total. The first-order chi connectivity index (χ1) is 6.27. The lowest BCUT2D eigenvalue weighted by molar-refractivity contribution is 0.0528. The summed E-state index contributed by atoms with van der Waals surface area (Å²) in [6, 6.07) is 0. The van der Waals surface area contributed by atoms with Crippen LogP contribution in [0.1, 0.15) is 39.0 Å². The molecule has 0 amide bonds. The van der Waals surface area contributed by atoms with Gasteiger partial charge in [0.05, 0.1) is 0 Å². The molecule has 1 saturated carbocycles. The Kier molecular flexibility index (Phi) is 2.61. The third-order valence-corrected chi connectivity index (χ3v) is 3.82. The lowest BCUT2D eigenvalue weighted by atomic mass is 9.88. The van der Waals surface area contributed by atoms with Gasteiger partial charge in [-0.1, -0.05) is 13.3 Å². The van der Waals surface area contributed by atoms with Gasteiger partial charge in [-0.15, -0.1) is 0 Å². The molecule has 2 atom stereocenters. The third kappa shape index (κ3) is 1.75. The smallest absolute Gasteiger partial charge is 0.0469 e. The number of rotatable bonds is 3. The van der Waals surface area contributed by atoms with Crippen molar-refractivity contribution >= 4 is 0 Å². The summed E-state index contributed by atoms with van der Waals surface area (Å²) in [7, 11) is 0. The summed E-state index contributed by atoms with van der Waals surface area (Å²) in [6.07, 6.45) is 6.26. The topological polar surface area (TPSA) is 35.2 Å². The maximum Gasteiger partial charge on any atom is 0.0469 e. The number of ether oxygens (including phenoxy) is 1. The van der Waals surface area contributed by atoms with Gasteiger partial charge in [0.1, 0.15) is 0 Å². The molecule has 1 aliphatic heterocycles. The van der Waals surface area contributed by atoms with Crippen LogP contribution in [-0.4, -0.2) is 18.8 Å². The molecule has 2 heteroatoms. The molecule has 0 aromatic carbocycles. The van der Waals surface area contributed by atoms with Crippen molar-refractivity contribution in [3.8, 4) is 0 Å². The van der Waals surface area contributed by atoms with Gasteiger partial charge >= 0.3 is 0 Å². The van der Waals surface area contributed by atoms with Crippen LogP contribution in [0.5, 0.6) is 0 Å². The monoisotopic (exact) mass is 183 g/mol. The van der Waals surface area contributed by atoms with E-state index in [0.29, 0.717) is 0 Å². The van der Waals surface area contributed by atoms with E-state index in [9.17, 15) is 0 Å². The van der Waals surface area contributed by atoms with Crippen molar-refractivity contribution in [2.24, 2.45) is 17.6 Å². The molecule has 0 aromatic heterocycles. The predicted octanol–water partition coefficient (Wildman–Crippen LogP) is 1.93. The summed E-state index contributed by atoms with van der Waals surface area (Å²) in [4.78, 5) is 0. The Hall–Kier alpha value is -0.0800. The Balaban J connectivity index is 1.86. The van der Waals surface area contributed by atoms with Crippen LogP contribution >= 0.6 is 0 Å². The van der Waals surface area contributed by atoms with Gasteiger partial charge in [0.15, 0.2) is 0 Å². The summed E-state index contributed by atoms with van der Waals surface area (Å²) >= 11 is 0. The van der Waals surface area contributed by atoms with Gasteiger partial charge in [0.25, 0.3) is 0 Å². The Labute approximate surface area is 80.8 Å². The molecule has 2 rings (SSSR count). The summed E-state index contributed by atoms with van der Waals surface area (Å²) in [5.41, 5.74) is 6.60. The lowest BCUT2D eigenvalue weighted by Gasteiger charge is -2.28. The minimum absolute atomic E-state index is 0.208. The number of nitrogens with two attached hydrogens (primary N) is 1. The van der Waals surface area contributed by atoms with Gasteiger partial charge in [-0.3, -0.25) is 0 Å². The van der Waals surface area contributed by atoms with Crippen LogP contribution in [0.4, 0.5) is 0 Å². The highest BCUT2D eigenvalue weighted by Crippen LogP contribution is 2.52. The highest BCUT2D eigenvalue weighted by atomic mass is 16.5. The van der Waals surface area contributed by atoms with Crippen molar-refractivity contribution in [2.75, 3.05) is 13.2 Å². The molecule has 0 radical (unpaired) electrons. The average molecular weight is 183 g/mol. The maximum absolute atomic E-state index is 6.40. The molecule has 1 aliphatic carbocycles. The number of hydrogen-bond donors (Lipinski definition) is 1. The molecule has 1 heterocycles. The highest BCUT2D eigenvalue weighted by molar-refractivity contribution is 5.11. The molecular weight excluding hydrogens is 162 g/mol. The van der Waals surface area contributed by atoms with Gasteiger partial charge in [-0.05, 0) is 37.5 Å². The summed E-state index contributed by atoms with van der Waals surface area (Å²) in [6.45, 7) is 4.12. The SMILES string of the molecule is CCCC1CC1(N)C1CCOCC1. The van der Waals surface area contributed by atoms with Crippen LogP contribution in [0.25, 0.3) is 0 Å². The minimum atomic E-state index is 0.208. The second kappa shape index (κ2) is 3.58. The Morgan fingerprint density at radius 1 is 1.38 bits per heavy atom. The van der Waals surface area contributed by atoms with Crippen LogP contribution < -0.4 is 5.73 Å². The molecule has 13 heavy (non-hydrogen) atoms. The zero-order valence-corrected chi connectivity index (χ0v) is 8.59. The van der Waals surface area contributed by atoms with Gasteiger partial charge < -0.3 is 10.5 Å². The quantitative estimate of drug-likeness (QED) is 0.725. The predicted molar refractivity (Wildman–Crippen MR) is 53.5 cm³/mol. The van der Waals surface area contributed by atoms with E-state index < -0.39 is 0 Å². The summed E-state index contributed by atoms with van der Waals surface area (Å²) in [5, 5.41) is 0. The van der Waals surface area contributed by atoms with E-state index in [1.54, 1.807) is 0 Å². The van der Waals surface area contributed by atoms with Gasteiger partial charge in [0.2, 0.25) is 0 Å². The Morgan fingerprint density at radius 2 is 2.08 bits per heavy atom. The average Bonchev–Trinajstić information content (AvgIpc) is 2.81. The third-order valence-electron chi connectivity index (χ3n) is 3.82. The molecule has 2 aliphatic rings. The van der Waals surface area contributed by atoms with Crippen LogP contribution in [0.3, 0.4) is 0 Å². The summed E-state index contributed by atoms with van der Waals surface area (Å²) in [5.74, 6) is 1.57. The Morgan fingerprint density at radius 3 is 2.69 bits per heavy atom. The van der Waals surface area contributed by atoms with E-state index >= 15 is 0 Å².